The van der Waals surface area contributed by atoms with Crippen molar-refractivity contribution in [2.75, 3.05) is 0 Å². The predicted molar refractivity (Wildman–Crippen MR) is 103 cm³/mol. The largest absolute Gasteiger partial charge is 0.457 e. The second-order valence-corrected chi connectivity index (χ2v) is 6.74. The van der Waals surface area contributed by atoms with Crippen LogP contribution in [0.25, 0.3) is 0 Å². The van der Waals surface area contributed by atoms with Crippen LogP contribution in [-0.2, 0) is 6.18 Å². The molecule has 3 aromatic carbocycles. The number of halogens is 4. The SMILES string of the molecule is NC(c1ccc(Oc2ccc(Cl)cc2)cc1)C(N)c1cccc(C(F)(F)F)c1. The lowest BCUT2D eigenvalue weighted by Crippen LogP contribution is -2.26. The highest BCUT2D eigenvalue weighted by Gasteiger charge is 2.31. The van der Waals surface area contributed by atoms with E-state index in [9.17, 15) is 13.2 Å². The topological polar surface area (TPSA) is 61.3 Å². The van der Waals surface area contributed by atoms with Crippen molar-refractivity contribution in [2.45, 2.75) is 18.3 Å². The summed E-state index contributed by atoms with van der Waals surface area (Å²) in [6.45, 7) is 0. The molecule has 0 aromatic heterocycles. The standard InChI is InChI=1S/C21H18ClF3N2O/c22-16-6-10-18(11-7-16)28-17-8-4-13(5-9-17)19(26)20(27)14-2-1-3-15(12-14)21(23,24)25/h1-12,19-20H,26-27H2. The summed E-state index contributed by atoms with van der Waals surface area (Å²) in [6.07, 6.45) is -4.43. The maximum Gasteiger partial charge on any atom is 0.416 e. The van der Waals surface area contributed by atoms with Crippen molar-refractivity contribution >= 4 is 11.6 Å². The molecule has 0 aliphatic heterocycles. The third kappa shape index (κ3) is 4.84. The lowest BCUT2D eigenvalue weighted by molar-refractivity contribution is -0.137. The van der Waals surface area contributed by atoms with E-state index in [1.54, 1.807) is 48.5 Å². The van der Waals surface area contributed by atoms with Crippen molar-refractivity contribution in [2.24, 2.45) is 11.5 Å². The summed E-state index contributed by atoms with van der Waals surface area (Å²) in [5.41, 5.74) is 12.6. The number of alkyl halides is 3. The monoisotopic (exact) mass is 406 g/mol. The van der Waals surface area contributed by atoms with E-state index < -0.39 is 23.8 Å². The Labute approximate surface area is 165 Å². The average Bonchev–Trinajstić information content (AvgIpc) is 2.69. The number of hydrogen-bond acceptors (Lipinski definition) is 3. The van der Waals surface area contributed by atoms with E-state index in [1.165, 1.54) is 12.1 Å². The highest BCUT2D eigenvalue weighted by molar-refractivity contribution is 6.30. The first-order valence-corrected chi connectivity index (χ1v) is 8.83. The normalized spacial score (nSPS) is 13.8. The minimum absolute atomic E-state index is 0.323. The maximum atomic E-state index is 12.9. The van der Waals surface area contributed by atoms with Gasteiger partial charge in [-0.25, -0.2) is 0 Å². The Bertz CT molecular complexity index is 928. The number of nitrogens with two attached hydrogens (primary N) is 2. The zero-order valence-corrected chi connectivity index (χ0v) is 15.4. The van der Waals surface area contributed by atoms with E-state index in [4.69, 9.17) is 27.8 Å². The number of ether oxygens (including phenoxy) is 1. The Morgan fingerprint density at radius 2 is 1.29 bits per heavy atom. The van der Waals surface area contributed by atoms with Crippen LogP contribution >= 0.6 is 11.6 Å². The van der Waals surface area contributed by atoms with Crippen LogP contribution in [0.1, 0.15) is 28.8 Å². The van der Waals surface area contributed by atoms with Crippen LogP contribution in [0, 0.1) is 0 Å². The van der Waals surface area contributed by atoms with Gasteiger partial charge in [0.25, 0.3) is 0 Å². The quantitative estimate of drug-likeness (QED) is 0.558. The summed E-state index contributed by atoms with van der Waals surface area (Å²) in [6, 6.07) is 17.3. The Morgan fingerprint density at radius 1 is 0.750 bits per heavy atom. The fourth-order valence-corrected chi connectivity index (χ4v) is 2.86. The first kappa shape index (κ1) is 20.2. The lowest BCUT2D eigenvalue weighted by Gasteiger charge is -2.22. The number of rotatable bonds is 5. The molecule has 0 spiro atoms. The molecule has 0 fully saturated rings. The van der Waals surface area contributed by atoms with Gasteiger partial charge >= 0.3 is 6.18 Å². The van der Waals surface area contributed by atoms with Crippen molar-refractivity contribution in [1.82, 2.24) is 0 Å². The second kappa shape index (κ2) is 8.22. The average molecular weight is 407 g/mol. The number of hydrogen-bond donors (Lipinski definition) is 2. The Kier molecular flexibility index (Phi) is 5.93. The van der Waals surface area contributed by atoms with E-state index in [0.717, 1.165) is 12.1 Å². The molecule has 0 radical (unpaired) electrons. The molecule has 3 aromatic rings. The number of benzene rings is 3. The van der Waals surface area contributed by atoms with Crippen LogP contribution in [0.5, 0.6) is 11.5 Å². The van der Waals surface area contributed by atoms with Crippen LogP contribution in [0.2, 0.25) is 5.02 Å². The first-order valence-electron chi connectivity index (χ1n) is 8.46. The molecule has 0 aliphatic carbocycles. The predicted octanol–water partition coefficient (Wildman–Crippen LogP) is 5.85. The molecular weight excluding hydrogens is 389 g/mol. The summed E-state index contributed by atoms with van der Waals surface area (Å²) in [5.74, 6) is 1.22. The van der Waals surface area contributed by atoms with Crippen LogP contribution in [0.3, 0.4) is 0 Å². The van der Waals surface area contributed by atoms with Crippen molar-refractivity contribution in [1.29, 1.82) is 0 Å². The van der Waals surface area contributed by atoms with E-state index in [2.05, 4.69) is 0 Å². The molecule has 0 saturated heterocycles. The van der Waals surface area contributed by atoms with Crippen molar-refractivity contribution in [3.63, 3.8) is 0 Å². The fourth-order valence-electron chi connectivity index (χ4n) is 2.73. The lowest BCUT2D eigenvalue weighted by atomic mass is 9.94. The minimum Gasteiger partial charge on any atom is -0.457 e. The van der Waals surface area contributed by atoms with Gasteiger partial charge in [-0.3, -0.25) is 0 Å². The smallest absolute Gasteiger partial charge is 0.416 e. The van der Waals surface area contributed by atoms with E-state index in [1.807, 2.05) is 0 Å². The van der Waals surface area contributed by atoms with Crippen molar-refractivity contribution < 1.29 is 17.9 Å². The second-order valence-electron chi connectivity index (χ2n) is 6.30. The Balaban J connectivity index is 1.73. The molecule has 3 nitrogen and oxygen atoms in total. The van der Waals surface area contributed by atoms with E-state index in [0.29, 0.717) is 27.6 Å². The molecule has 0 heterocycles. The van der Waals surface area contributed by atoms with Crippen LogP contribution in [-0.4, -0.2) is 0 Å². The minimum atomic E-state index is -4.43. The molecule has 0 saturated carbocycles. The van der Waals surface area contributed by atoms with E-state index in [-0.39, 0.29) is 0 Å². The van der Waals surface area contributed by atoms with Gasteiger partial charge in [-0.15, -0.1) is 0 Å². The molecule has 0 amide bonds. The highest BCUT2D eigenvalue weighted by Crippen LogP contribution is 2.33. The fraction of sp³-hybridized carbons (Fsp3) is 0.143. The Hall–Kier alpha value is -2.54. The summed E-state index contributed by atoms with van der Waals surface area (Å²) >= 11 is 5.84. The third-order valence-electron chi connectivity index (χ3n) is 4.30. The van der Waals surface area contributed by atoms with Crippen LogP contribution < -0.4 is 16.2 Å². The van der Waals surface area contributed by atoms with Gasteiger partial charge in [0.05, 0.1) is 5.56 Å². The molecule has 2 unspecified atom stereocenters. The van der Waals surface area contributed by atoms with Gasteiger partial charge < -0.3 is 16.2 Å². The maximum absolute atomic E-state index is 12.9. The molecule has 7 heteroatoms. The molecule has 4 N–H and O–H groups in total. The summed E-state index contributed by atoms with van der Waals surface area (Å²) < 4.78 is 44.4. The molecule has 0 aliphatic rings. The van der Waals surface area contributed by atoms with Gasteiger partial charge in [0.2, 0.25) is 0 Å². The molecule has 2 atom stereocenters. The molecule has 28 heavy (non-hydrogen) atoms. The molecule has 0 bridgehead atoms. The summed E-state index contributed by atoms with van der Waals surface area (Å²) in [7, 11) is 0. The third-order valence-corrected chi connectivity index (χ3v) is 4.55. The van der Waals surface area contributed by atoms with Crippen molar-refractivity contribution in [3.8, 4) is 11.5 Å². The van der Waals surface area contributed by atoms with Crippen LogP contribution in [0.15, 0.2) is 72.8 Å². The molecular formula is C21H18ClF3N2O. The molecule has 3 rings (SSSR count). The van der Waals surface area contributed by atoms with E-state index >= 15 is 0 Å². The van der Waals surface area contributed by atoms with Gasteiger partial charge in [0.15, 0.2) is 0 Å². The zero-order chi connectivity index (χ0) is 20.3. The first-order chi connectivity index (χ1) is 13.2. The highest BCUT2D eigenvalue weighted by atomic mass is 35.5. The van der Waals surface area contributed by atoms with Crippen molar-refractivity contribution in [3.05, 3.63) is 94.5 Å². The van der Waals surface area contributed by atoms with Crippen LogP contribution in [0.4, 0.5) is 13.2 Å². The van der Waals surface area contributed by atoms with Gasteiger partial charge in [-0.05, 0) is 59.7 Å². The zero-order valence-electron chi connectivity index (χ0n) is 14.7. The van der Waals surface area contributed by atoms with Gasteiger partial charge in [-0.2, -0.15) is 13.2 Å². The summed E-state index contributed by atoms with van der Waals surface area (Å²) in [5, 5.41) is 0.609. The van der Waals surface area contributed by atoms with Gasteiger partial charge in [0.1, 0.15) is 11.5 Å². The summed E-state index contributed by atoms with van der Waals surface area (Å²) in [4.78, 5) is 0. The Morgan fingerprint density at radius 3 is 1.86 bits per heavy atom. The van der Waals surface area contributed by atoms with Gasteiger partial charge in [-0.1, -0.05) is 35.9 Å². The molecule has 146 valence electrons. The van der Waals surface area contributed by atoms with Gasteiger partial charge in [0, 0.05) is 17.1 Å².